The maximum atomic E-state index is 13.2. The maximum absolute atomic E-state index is 13.2. The molecule has 0 spiro atoms. The molecule has 7 nitrogen and oxygen atoms in total. The minimum Gasteiger partial charge on any atom is -0.495 e. The van der Waals surface area contributed by atoms with Gasteiger partial charge in [0.2, 0.25) is 15.9 Å². The summed E-state index contributed by atoms with van der Waals surface area (Å²) in [4.78, 5) is 17.0. The molecule has 0 bridgehead atoms. The Morgan fingerprint density at radius 2 is 1.89 bits per heavy atom. The van der Waals surface area contributed by atoms with E-state index in [9.17, 15) is 13.2 Å². The number of ether oxygens (including phenoxy) is 1. The summed E-state index contributed by atoms with van der Waals surface area (Å²) in [5, 5.41) is 0.330. The van der Waals surface area contributed by atoms with Crippen molar-refractivity contribution in [2.45, 2.75) is 17.7 Å². The van der Waals surface area contributed by atoms with Gasteiger partial charge in [0.05, 0.1) is 13.0 Å². The van der Waals surface area contributed by atoms with Crippen molar-refractivity contribution >= 4 is 27.5 Å². The van der Waals surface area contributed by atoms with Crippen molar-refractivity contribution in [2.75, 3.05) is 53.4 Å². The lowest BCUT2D eigenvalue weighted by Gasteiger charge is -2.37. The molecule has 9 heteroatoms. The lowest BCUT2D eigenvalue weighted by molar-refractivity contribution is -0.138. The van der Waals surface area contributed by atoms with E-state index in [0.29, 0.717) is 37.5 Å². The van der Waals surface area contributed by atoms with E-state index in [2.05, 4.69) is 4.90 Å². The second-order valence-electron chi connectivity index (χ2n) is 7.13. The van der Waals surface area contributed by atoms with Gasteiger partial charge in [0.1, 0.15) is 10.6 Å². The Kier molecular flexibility index (Phi) is 6.30. The van der Waals surface area contributed by atoms with Crippen molar-refractivity contribution < 1.29 is 17.9 Å². The Bertz CT molecular complexity index is 794. The molecule has 150 valence electrons. The van der Waals surface area contributed by atoms with Crippen molar-refractivity contribution in [2.24, 2.45) is 5.92 Å². The van der Waals surface area contributed by atoms with Crippen molar-refractivity contribution in [3.05, 3.63) is 23.2 Å². The highest BCUT2D eigenvalue weighted by atomic mass is 35.5. The average Bonchev–Trinajstić information content (AvgIpc) is 2.68. The predicted molar refractivity (Wildman–Crippen MR) is 104 cm³/mol. The van der Waals surface area contributed by atoms with Gasteiger partial charge in [0.25, 0.3) is 0 Å². The zero-order chi connectivity index (χ0) is 19.6. The average molecular weight is 416 g/mol. The predicted octanol–water partition coefficient (Wildman–Crippen LogP) is 1.52. The van der Waals surface area contributed by atoms with Gasteiger partial charge in [-0.05, 0) is 38.1 Å². The molecule has 1 aromatic rings. The molecule has 2 saturated heterocycles. The fourth-order valence-corrected chi connectivity index (χ4v) is 5.58. The number of benzene rings is 1. The van der Waals surface area contributed by atoms with Crippen molar-refractivity contribution in [1.82, 2.24) is 14.1 Å². The minimum atomic E-state index is -3.79. The summed E-state index contributed by atoms with van der Waals surface area (Å²) < 4.78 is 32.9. The Morgan fingerprint density at radius 1 is 1.19 bits per heavy atom. The lowest BCUT2D eigenvalue weighted by atomic mass is 9.98. The SMILES string of the molecule is COc1ccc(Cl)cc1S(=O)(=O)N1CCC[C@H](C(=O)N2CCN(C)CC2)C1. The van der Waals surface area contributed by atoms with Crippen molar-refractivity contribution in [1.29, 1.82) is 0 Å². The summed E-state index contributed by atoms with van der Waals surface area (Å²) >= 11 is 6.01. The van der Waals surface area contributed by atoms with Gasteiger partial charge in [-0.2, -0.15) is 4.31 Å². The van der Waals surface area contributed by atoms with Crippen LogP contribution in [-0.2, 0) is 14.8 Å². The molecule has 2 heterocycles. The number of carbonyl (C=O) groups excluding carboxylic acids is 1. The van der Waals surface area contributed by atoms with Crippen molar-refractivity contribution in [3.63, 3.8) is 0 Å². The van der Waals surface area contributed by atoms with Gasteiger partial charge < -0.3 is 14.5 Å². The molecule has 0 unspecified atom stereocenters. The number of methoxy groups -OCH3 is 1. The molecule has 0 aliphatic carbocycles. The second kappa shape index (κ2) is 8.34. The molecule has 1 aromatic carbocycles. The Balaban J connectivity index is 1.77. The smallest absolute Gasteiger partial charge is 0.246 e. The summed E-state index contributed by atoms with van der Waals surface area (Å²) in [5.41, 5.74) is 0. The molecule has 0 aromatic heterocycles. The molecular formula is C18H26ClN3O4S. The van der Waals surface area contributed by atoms with Crippen LogP contribution in [0, 0.1) is 5.92 Å². The molecule has 0 saturated carbocycles. The van der Waals surface area contributed by atoms with Gasteiger partial charge in [0, 0.05) is 44.3 Å². The van der Waals surface area contributed by atoms with Crippen LogP contribution in [0.5, 0.6) is 5.75 Å². The number of sulfonamides is 1. The van der Waals surface area contributed by atoms with E-state index >= 15 is 0 Å². The third-order valence-corrected chi connectivity index (χ3v) is 7.41. The van der Waals surface area contributed by atoms with E-state index < -0.39 is 10.0 Å². The van der Waals surface area contributed by atoms with Gasteiger partial charge in [-0.25, -0.2) is 8.42 Å². The Labute approximate surface area is 165 Å². The minimum absolute atomic E-state index is 0.0465. The molecule has 0 N–H and O–H groups in total. The van der Waals surface area contributed by atoms with Crippen LogP contribution in [0.15, 0.2) is 23.1 Å². The first kappa shape index (κ1) is 20.4. The van der Waals surface area contributed by atoms with E-state index in [0.717, 1.165) is 13.1 Å². The molecule has 2 aliphatic heterocycles. The van der Waals surface area contributed by atoms with E-state index in [1.807, 2.05) is 11.9 Å². The van der Waals surface area contributed by atoms with E-state index in [1.165, 1.54) is 17.5 Å². The topological polar surface area (TPSA) is 70.2 Å². The largest absolute Gasteiger partial charge is 0.495 e. The number of carbonyl (C=O) groups is 1. The number of halogens is 1. The molecule has 1 amide bonds. The number of amides is 1. The first-order valence-corrected chi connectivity index (χ1v) is 11.0. The van der Waals surface area contributed by atoms with Crippen LogP contribution < -0.4 is 4.74 Å². The zero-order valence-electron chi connectivity index (χ0n) is 15.7. The highest BCUT2D eigenvalue weighted by Gasteiger charge is 2.36. The van der Waals surface area contributed by atoms with E-state index in [1.54, 1.807) is 12.1 Å². The number of hydrogen-bond donors (Lipinski definition) is 0. The monoisotopic (exact) mass is 415 g/mol. The van der Waals surface area contributed by atoms with Crippen LogP contribution in [0.1, 0.15) is 12.8 Å². The quantitative estimate of drug-likeness (QED) is 0.745. The van der Waals surface area contributed by atoms with Crippen LogP contribution in [0.4, 0.5) is 0 Å². The molecule has 1 atom stereocenters. The third-order valence-electron chi connectivity index (χ3n) is 5.29. The number of piperazine rings is 1. The first-order chi connectivity index (χ1) is 12.8. The number of rotatable bonds is 4. The Morgan fingerprint density at radius 3 is 2.56 bits per heavy atom. The first-order valence-electron chi connectivity index (χ1n) is 9.14. The van der Waals surface area contributed by atoms with E-state index in [-0.39, 0.29) is 29.0 Å². The summed E-state index contributed by atoms with van der Waals surface area (Å²) in [6.45, 7) is 3.68. The van der Waals surface area contributed by atoms with Crippen LogP contribution >= 0.6 is 11.6 Å². The van der Waals surface area contributed by atoms with Gasteiger partial charge in [0.15, 0.2) is 0 Å². The summed E-state index contributed by atoms with van der Waals surface area (Å²) in [6.07, 6.45) is 1.37. The van der Waals surface area contributed by atoms with Gasteiger partial charge in [-0.15, -0.1) is 0 Å². The summed E-state index contributed by atoms with van der Waals surface area (Å²) in [7, 11) is -0.323. The van der Waals surface area contributed by atoms with Gasteiger partial charge in [-0.3, -0.25) is 4.79 Å². The standard InChI is InChI=1S/C18H26ClN3O4S/c1-20-8-10-21(11-9-20)18(23)14-4-3-7-22(13-14)27(24,25)17-12-15(19)5-6-16(17)26-2/h5-6,12,14H,3-4,7-11,13H2,1-2H3/t14-/m0/s1. The van der Waals surface area contributed by atoms with Crippen LogP contribution in [-0.4, -0.2) is 81.9 Å². The van der Waals surface area contributed by atoms with Gasteiger partial charge in [-0.1, -0.05) is 11.6 Å². The number of likely N-dealkylation sites (N-methyl/N-ethyl adjacent to an activating group) is 1. The number of nitrogens with zero attached hydrogens (tertiary/aromatic N) is 3. The molecular weight excluding hydrogens is 390 g/mol. The molecule has 27 heavy (non-hydrogen) atoms. The molecule has 0 radical (unpaired) electrons. The molecule has 2 aliphatic rings. The fourth-order valence-electron chi connectivity index (χ4n) is 3.64. The highest BCUT2D eigenvalue weighted by molar-refractivity contribution is 7.89. The Hall–Kier alpha value is -1.35. The summed E-state index contributed by atoms with van der Waals surface area (Å²) in [5.74, 6) is 0.00934. The number of hydrogen-bond acceptors (Lipinski definition) is 5. The van der Waals surface area contributed by atoms with Crippen molar-refractivity contribution in [3.8, 4) is 5.75 Å². The third kappa shape index (κ3) is 4.39. The van der Waals surface area contributed by atoms with Gasteiger partial charge >= 0.3 is 0 Å². The highest BCUT2D eigenvalue weighted by Crippen LogP contribution is 2.32. The number of piperidine rings is 1. The second-order valence-corrected chi connectivity index (χ2v) is 9.47. The molecule has 3 rings (SSSR count). The van der Waals surface area contributed by atoms with Crippen LogP contribution in [0.25, 0.3) is 0 Å². The normalized spacial score (nSPS) is 22.6. The van der Waals surface area contributed by atoms with Crippen LogP contribution in [0.3, 0.4) is 0 Å². The van der Waals surface area contributed by atoms with E-state index in [4.69, 9.17) is 16.3 Å². The zero-order valence-corrected chi connectivity index (χ0v) is 17.3. The molecule has 2 fully saturated rings. The van der Waals surface area contributed by atoms with Crippen LogP contribution in [0.2, 0.25) is 5.02 Å². The maximum Gasteiger partial charge on any atom is 0.246 e. The summed E-state index contributed by atoms with van der Waals surface area (Å²) in [6, 6.07) is 4.54. The fraction of sp³-hybridized carbons (Fsp3) is 0.611. The lowest BCUT2D eigenvalue weighted by Crippen LogP contribution is -2.52.